The average molecular weight is 325 g/mol. The third kappa shape index (κ3) is 3.76. The fourth-order valence-corrected chi connectivity index (χ4v) is 3.68. The Bertz CT molecular complexity index is 541. The molecule has 20 heavy (non-hydrogen) atoms. The van der Waals surface area contributed by atoms with Crippen LogP contribution in [0.1, 0.15) is 41.3 Å². The van der Waals surface area contributed by atoms with Crippen molar-refractivity contribution in [2.24, 2.45) is 0 Å². The quantitative estimate of drug-likeness (QED) is 0.808. The molecule has 0 aromatic heterocycles. The molecule has 0 aliphatic rings. The molecular formula is C13H15ClF2O3S. The standard InChI is InChI=1S/C13H15ClF2O3S/c1-3-4-7-20(19)11-8(2)9(12(17)18)5-6-10(11)13(14,15)16/h5-6H,3-4,7H2,1-2H3,(H,17,18)/t20-/m0/s1. The van der Waals surface area contributed by atoms with Gasteiger partial charge < -0.3 is 5.11 Å². The number of carboxylic acid groups (broad SMARTS) is 1. The maximum atomic E-state index is 13.4. The summed E-state index contributed by atoms with van der Waals surface area (Å²) in [5.41, 5.74) is -0.657. The Balaban J connectivity index is 3.45. The summed E-state index contributed by atoms with van der Waals surface area (Å²) in [5, 5.41) is 5.34. The summed E-state index contributed by atoms with van der Waals surface area (Å²) in [7, 11) is -1.71. The summed E-state index contributed by atoms with van der Waals surface area (Å²) in [6.45, 7) is 3.25. The molecule has 0 aliphatic carbocycles. The molecule has 0 heterocycles. The second-order valence-corrected chi connectivity index (χ2v) is 6.30. The molecule has 0 bridgehead atoms. The second kappa shape index (κ2) is 6.63. The third-order valence-corrected chi connectivity index (χ3v) is 4.70. The van der Waals surface area contributed by atoms with Crippen molar-refractivity contribution >= 4 is 28.4 Å². The smallest absolute Gasteiger partial charge is 0.349 e. The Morgan fingerprint density at radius 2 is 2.05 bits per heavy atom. The predicted molar refractivity (Wildman–Crippen MR) is 74.1 cm³/mol. The number of carboxylic acids is 1. The zero-order valence-corrected chi connectivity index (χ0v) is 12.7. The molecule has 3 nitrogen and oxygen atoms in total. The third-order valence-electron chi connectivity index (χ3n) is 2.85. The van der Waals surface area contributed by atoms with E-state index in [4.69, 9.17) is 16.7 Å². The molecule has 112 valence electrons. The zero-order chi connectivity index (χ0) is 15.5. The summed E-state index contributed by atoms with van der Waals surface area (Å²) in [6, 6.07) is 1.99. The minimum absolute atomic E-state index is 0.0739. The van der Waals surface area contributed by atoms with Crippen LogP contribution in [0.3, 0.4) is 0 Å². The molecule has 0 amide bonds. The Kier molecular flexibility index (Phi) is 5.65. The minimum atomic E-state index is -3.68. The highest BCUT2D eigenvalue weighted by atomic mass is 35.5. The number of halogens is 3. The first kappa shape index (κ1) is 17.0. The van der Waals surface area contributed by atoms with Crippen LogP contribution in [0.4, 0.5) is 8.78 Å². The lowest BCUT2D eigenvalue weighted by Crippen LogP contribution is -2.15. The fraction of sp³-hybridized carbons (Fsp3) is 0.462. The summed E-state index contributed by atoms with van der Waals surface area (Å²) < 4.78 is 39.0. The van der Waals surface area contributed by atoms with Gasteiger partial charge in [-0.25, -0.2) is 4.79 Å². The largest absolute Gasteiger partial charge is 0.478 e. The molecule has 1 atom stereocenters. The van der Waals surface area contributed by atoms with Gasteiger partial charge in [0.05, 0.1) is 26.8 Å². The van der Waals surface area contributed by atoms with Crippen molar-refractivity contribution in [1.29, 1.82) is 0 Å². The van der Waals surface area contributed by atoms with Crippen LogP contribution in [0, 0.1) is 6.92 Å². The summed E-state index contributed by atoms with van der Waals surface area (Å²) in [4.78, 5) is 10.9. The van der Waals surface area contributed by atoms with E-state index in [0.717, 1.165) is 18.6 Å². The van der Waals surface area contributed by atoms with E-state index in [0.29, 0.717) is 6.42 Å². The van der Waals surface area contributed by atoms with Gasteiger partial charge in [-0.05, 0) is 42.6 Å². The molecule has 0 aliphatic heterocycles. The first-order valence-electron chi connectivity index (χ1n) is 6.02. The summed E-state index contributed by atoms with van der Waals surface area (Å²) in [6.07, 6.45) is 1.35. The molecule has 0 unspecified atom stereocenters. The monoisotopic (exact) mass is 324 g/mol. The molecule has 1 N–H and O–H groups in total. The number of carbonyl (C=O) groups is 1. The Morgan fingerprint density at radius 3 is 2.50 bits per heavy atom. The molecule has 1 aromatic carbocycles. The van der Waals surface area contributed by atoms with E-state index >= 15 is 0 Å². The molecule has 0 radical (unpaired) electrons. The van der Waals surface area contributed by atoms with Gasteiger partial charge in [0.15, 0.2) is 0 Å². The van der Waals surface area contributed by atoms with E-state index in [1.807, 2.05) is 6.92 Å². The Labute approximate surface area is 123 Å². The van der Waals surface area contributed by atoms with Crippen LogP contribution >= 0.6 is 11.6 Å². The number of hydrogen-bond acceptors (Lipinski definition) is 2. The topological polar surface area (TPSA) is 54.4 Å². The highest BCUT2D eigenvalue weighted by Crippen LogP contribution is 2.38. The van der Waals surface area contributed by atoms with E-state index in [1.54, 1.807) is 0 Å². The lowest BCUT2D eigenvalue weighted by Gasteiger charge is -2.17. The predicted octanol–water partition coefficient (Wildman–Crippen LogP) is 3.89. The van der Waals surface area contributed by atoms with Crippen molar-refractivity contribution in [3.05, 3.63) is 28.8 Å². The molecule has 0 fully saturated rings. The lowest BCUT2D eigenvalue weighted by atomic mass is 10.1. The minimum Gasteiger partial charge on any atom is -0.478 e. The van der Waals surface area contributed by atoms with Crippen LogP contribution < -0.4 is 0 Å². The van der Waals surface area contributed by atoms with Crippen molar-refractivity contribution in [3.63, 3.8) is 0 Å². The highest BCUT2D eigenvalue weighted by Gasteiger charge is 2.34. The number of benzene rings is 1. The van der Waals surface area contributed by atoms with Gasteiger partial charge in [0.2, 0.25) is 0 Å². The highest BCUT2D eigenvalue weighted by molar-refractivity contribution is 7.85. The van der Waals surface area contributed by atoms with E-state index in [2.05, 4.69) is 0 Å². The molecule has 0 saturated heterocycles. The van der Waals surface area contributed by atoms with E-state index in [-0.39, 0.29) is 21.8 Å². The maximum Gasteiger partial charge on any atom is 0.349 e. The number of unbranched alkanes of at least 4 members (excludes halogenated alkanes) is 1. The average Bonchev–Trinajstić information content (AvgIpc) is 2.33. The van der Waals surface area contributed by atoms with Crippen molar-refractivity contribution in [1.82, 2.24) is 0 Å². The molecule has 0 spiro atoms. The zero-order valence-electron chi connectivity index (χ0n) is 11.1. The van der Waals surface area contributed by atoms with Crippen LogP contribution in [-0.4, -0.2) is 21.0 Å². The van der Waals surface area contributed by atoms with E-state index in [9.17, 15) is 17.8 Å². The number of hydrogen-bond donors (Lipinski definition) is 1. The molecule has 1 aromatic rings. The van der Waals surface area contributed by atoms with Gasteiger partial charge in [0, 0.05) is 5.75 Å². The molecule has 7 heteroatoms. The normalized spacial score (nSPS) is 13.2. The fourth-order valence-electron chi connectivity index (χ4n) is 1.82. The second-order valence-electron chi connectivity index (χ2n) is 4.32. The SMILES string of the molecule is CCCC[S@](=O)c1c(C(F)(F)Cl)ccc(C(=O)O)c1C. The Morgan fingerprint density at radius 1 is 1.45 bits per heavy atom. The number of aromatic carboxylic acids is 1. The molecular weight excluding hydrogens is 310 g/mol. The van der Waals surface area contributed by atoms with Crippen LogP contribution in [0.5, 0.6) is 0 Å². The first-order valence-corrected chi connectivity index (χ1v) is 7.72. The van der Waals surface area contributed by atoms with Crippen molar-refractivity contribution < 1.29 is 22.9 Å². The van der Waals surface area contributed by atoms with Gasteiger partial charge in [0.1, 0.15) is 0 Å². The van der Waals surface area contributed by atoms with E-state index in [1.165, 1.54) is 6.92 Å². The van der Waals surface area contributed by atoms with Crippen molar-refractivity contribution in [2.45, 2.75) is 37.0 Å². The molecule has 0 saturated carbocycles. The lowest BCUT2D eigenvalue weighted by molar-refractivity contribution is 0.0693. The van der Waals surface area contributed by atoms with Crippen molar-refractivity contribution in [3.8, 4) is 0 Å². The van der Waals surface area contributed by atoms with Gasteiger partial charge >= 0.3 is 11.4 Å². The van der Waals surface area contributed by atoms with Crippen LogP contribution in [-0.2, 0) is 16.2 Å². The van der Waals surface area contributed by atoms with Gasteiger partial charge in [-0.3, -0.25) is 4.21 Å². The van der Waals surface area contributed by atoms with E-state index < -0.39 is 27.7 Å². The summed E-state index contributed by atoms with van der Waals surface area (Å²) in [5.74, 6) is -1.05. The van der Waals surface area contributed by atoms with Gasteiger partial charge in [-0.15, -0.1) is 0 Å². The maximum absolute atomic E-state index is 13.4. The van der Waals surface area contributed by atoms with Gasteiger partial charge in [0.25, 0.3) is 0 Å². The van der Waals surface area contributed by atoms with Crippen LogP contribution in [0.25, 0.3) is 0 Å². The van der Waals surface area contributed by atoms with Gasteiger partial charge in [-0.1, -0.05) is 13.3 Å². The van der Waals surface area contributed by atoms with Crippen molar-refractivity contribution in [2.75, 3.05) is 5.75 Å². The van der Waals surface area contributed by atoms with Crippen LogP contribution in [0.2, 0.25) is 0 Å². The number of alkyl halides is 3. The Hall–Kier alpha value is -1.01. The van der Waals surface area contributed by atoms with Gasteiger partial charge in [-0.2, -0.15) is 8.78 Å². The summed E-state index contributed by atoms with van der Waals surface area (Å²) >= 11 is 5.03. The first-order chi connectivity index (χ1) is 9.20. The van der Waals surface area contributed by atoms with Crippen LogP contribution in [0.15, 0.2) is 17.0 Å². The number of rotatable bonds is 6. The molecule has 1 rings (SSSR count).